The second kappa shape index (κ2) is 8.60. The molecule has 1 aliphatic heterocycles. The highest BCUT2D eigenvalue weighted by Crippen LogP contribution is 2.24. The Kier molecular flexibility index (Phi) is 6.48. The molecule has 0 spiro atoms. The van der Waals surface area contributed by atoms with Crippen LogP contribution in [-0.4, -0.2) is 52.5 Å². The number of carbonyl (C=O) groups is 1. The Bertz CT molecular complexity index is 487. The van der Waals surface area contributed by atoms with Gasteiger partial charge in [-0.1, -0.05) is 6.07 Å². The van der Waals surface area contributed by atoms with Crippen LogP contribution in [0.5, 0.6) is 11.5 Å². The van der Waals surface area contributed by atoms with E-state index in [0.717, 1.165) is 30.2 Å². The van der Waals surface area contributed by atoms with Crippen molar-refractivity contribution in [3.8, 4) is 11.5 Å². The molecule has 0 saturated carbocycles. The Morgan fingerprint density at radius 3 is 2.95 bits per heavy atom. The summed E-state index contributed by atoms with van der Waals surface area (Å²) in [5, 5.41) is 6.21. The fraction of sp³-hybridized carbons (Fsp3) is 0.562. The molecule has 0 aliphatic carbocycles. The molecule has 6 heteroatoms. The third kappa shape index (κ3) is 4.89. The Balaban J connectivity index is 1.76. The number of hydrogen-bond donors (Lipinski definition) is 2. The molecule has 1 unspecified atom stereocenters. The van der Waals surface area contributed by atoms with Crippen molar-refractivity contribution in [2.45, 2.75) is 18.9 Å². The van der Waals surface area contributed by atoms with Crippen LogP contribution in [0.15, 0.2) is 18.2 Å². The second-order valence-corrected chi connectivity index (χ2v) is 5.21. The van der Waals surface area contributed by atoms with Crippen LogP contribution < -0.4 is 20.1 Å². The predicted octanol–water partition coefficient (Wildman–Crippen LogP) is 0.741. The summed E-state index contributed by atoms with van der Waals surface area (Å²) in [6, 6.07) is 5.81. The first-order valence-electron chi connectivity index (χ1n) is 7.51. The van der Waals surface area contributed by atoms with E-state index < -0.39 is 0 Å². The highest BCUT2D eigenvalue weighted by atomic mass is 16.5. The Morgan fingerprint density at radius 1 is 1.41 bits per heavy atom. The number of ether oxygens (including phenoxy) is 3. The van der Waals surface area contributed by atoms with Crippen LogP contribution in [0.1, 0.15) is 12.0 Å². The van der Waals surface area contributed by atoms with E-state index in [1.807, 2.05) is 18.2 Å². The monoisotopic (exact) mass is 308 g/mol. The number of carbonyl (C=O) groups excluding carboxylic acids is 1. The highest BCUT2D eigenvalue weighted by molar-refractivity contribution is 5.76. The second-order valence-electron chi connectivity index (χ2n) is 5.21. The van der Waals surface area contributed by atoms with E-state index in [4.69, 9.17) is 14.2 Å². The molecule has 0 bridgehead atoms. The average Bonchev–Trinajstić information content (AvgIpc) is 2.56. The zero-order valence-electron chi connectivity index (χ0n) is 13.2. The molecule has 122 valence electrons. The van der Waals surface area contributed by atoms with Gasteiger partial charge >= 0.3 is 0 Å². The Morgan fingerprint density at radius 2 is 2.27 bits per heavy atom. The summed E-state index contributed by atoms with van der Waals surface area (Å²) in [6.45, 7) is 2.70. The van der Waals surface area contributed by atoms with Gasteiger partial charge in [0.25, 0.3) is 0 Å². The quantitative estimate of drug-likeness (QED) is 0.778. The average molecular weight is 308 g/mol. The first kappa shape index (κ1) is 16.6. The maximum atomic E-state index is 11.9. The summed E-state index contributed by atoms with van der Waals surface area (Å²) in [5.41, 5.74) is 1.04. The molecule has 1 aliphatic rings. The lowest BCUT2D eigenvalue weighted by Crippen LogP contribution is -2.44. The summed E-state index contributed by atoms with van der Waals surface area (Å²) in [4.78, 5) is 11.9. The molecule has 1 amide bonds. The van der Waals surface area contributed by atoms with Crippen LogP contribution in [0.25, 0.3) is 0 Å². The van der Waals surface area contributed by atoms with Crippen LogP contribution in [0.4, 0.5) is 0 Å². The van der Waals surface area contributed by atoms with Gasteiger partial charge in [-0.25, -0.2) is 0 Å². The van der Waals surface area contributed by atoms with E-state index in [2.05, 4.69) is 10.6 Å². The van der Waals surface area contributed by atoms with E-state index >= 15 is 0 Å². The molecule has 22 heavy (non-hydrogen) atoms. The minimum atomic E-state index is 0.0375. The summed E-state index contributed by atoms with van der Waals surface area (Å²) in [7, 11) is 3.25. The van der Waals surface area contributed by atoms with Gasteiger partial charge in [-0.2, -0.15) is 0 Å². The zero-order chi connectivity index (χ0) is 15.8. The number of methoxy groups -OCH3 is 2. The lowest BCUT2D eigenvalue weighted by Gasteiger charge is -2.23. The van der Waals surface area contributed by atoms with Crippen molar-refractivity contribution >= 4 is 5.91 Å². The van der Waals surface area contributed by atoms with Crippen molar-refractivity contribution in [1.82, 2.24) is 10.6 Å². The molecule has 2 rings (SSSR count). The van der Waals surface area contributed by atoms with Crippen molar-refractivity contribution in [1.29, 1.82) is 0 Å². The molecule has 0 aromatic heterocycles. The summed E-state index contributed by atoms with van der Waals surface area (Å²) >= 11 is 0. The molecule has 6 nitrogen and oxygen atoms in total. The number of hydrogen-bond acceptors (Lipinski definition) is 5. The van der Waals surface area contributed by atoms with Gasteiger partial charge in [0.1, 0.15) is 11.5 Å². The third-order valence-electron chi connectivity index (χ3n) is 3.64. The molecular formula is C16H24N2O4. The zero-order valence-corrected chi connectivity index (χ0v) is 13.2. The summed E-state index contributed by atoms with van der Waals surface area (Å²) in [5.74, 6) is 1.57. The largest absolute Gasteiger partial charge is 0.497 e. The SMILES string of the molecule is COc1ccc(CCNC(=O)CC2COCCN2)c(OC)c1. The van der Waals surface area contributed by atoms with Gasteiger partial charge in [0, 0.05) is 31.6 Å². The van der Waals surface area contributed by atoms with Crippen molar-refractivity contribution in [2.75, 3.05) is 40.5 Å². The topological polar surface area (TPSA) is 68.8 Å². The van der Waals surface area contributed by atoms with Gasteiger partial charge in [-0.05, 0) is 18.1 Å². The molecule has 2 N–H and O–H groups in total. The van der Waals surface area contributed by atoms with Crippen LogP contribution in [0.2, 0.25) is 0 Å². The third-order valence-corrected chi connectivity index (χ3v) is 3.64. The van der Waals surface area contributed by atoms with Crippen LogP contribution in [0.3, 0.4) is 0 Å². The first-order chi connectivity index (χ1) is 10.7. The van der Waals surface area contributed by atoms with Gasteiger partial charge in [0.2, 0.25) is 5.91 Å². The first-order valence-corrected chi connectivity index (χ1v) is 7.51. The molecule has 1 fully saturated rings. The number of benzene rings is 1. The fourth-order valence-corrected chi connectivity index (χ4v) is 2.44. The summed E-state index contributed by atoms with van der Waals surface area (Å²) < 4.78 is 15.9. The Labute approximate surface area is 131 Å². The van der Waals surface area contributed by atoms with Crippen LogP contribution >= 0.6 is 0 Å². The lowest BCUT2D eigenvalue weighted by atomic mass is 10.1. The molecular weight excluding hydrogens is 284 g/mol. The normalized spacial score (nSPS) is 17.8. The van der Waals surface area contributed by atoms with Crippen molar-refractivity contribution in [3.63, 3.8) is 0 Å². The van der Waals surface area contributed by atoms with Gasteiger partial charge in [-0.3, -0.25) is 4.79 Å². The molecule has 1 aromatic rings. The smallest absolute Gasteiger partial charge is 0.221 e. The highest BCUT2D eigenvalue weighted by Gasteiger charge is 2.16. The maximum Gasteiger partial charge on any atom is 0.221 e. The van der Waals surface area contributed by atoms with E-state index in [1.165, 1.54) is 0 Å². The predicted molar refractivity (Wildman–Crippen MR) is 83.5 cm³/mol. The van der Waals surface area contributed by atoms with Crippen LogP contribution in [0, 0.1) is 0 Å². The number of morpholine rings is 1. The van der Waals surface area contributed by atoms with Gasteiger partial charge in [-0.15, -0.1) is 0 Å². The molecule has 0 radical (unpaired) electrons. The van der Waals surface area contributed by atoms with Gasteiger partial charge in [0.05, 0.1) is 27.4 Å². The minimum absolute atomic E-state index is 0.0375. The van der Waals surface area contributed by atoms with E-state index in [1.54, 1.807) is 14.2 Å². The minimum Gasteiger partial charge on any atom is -0.497 e. The van der Waals surface area contributed by atoms with E-state index in [9.17, 15) is 4.79 Å². The standard InChI is InChI=1S/C16H24N2O4/c1-20-14-4-3-12(15(10-14)21-2)5-6-18-16(19)9-13-11-22-8-7-17-13/h3-4,10,13,17H,5-9,11H2,1-2H3,(H,18,19). The van der Waals surface area contributed by atoms with Crippen molar-refractivity contribution in [2.24, 2.45) is 0 Å². The van der Waals surface area contributed by atoms with E-state index in [0.29, 0.717) is 26.0 Å². The molecule has 1 heterocycles. The van der Waals surface area contributed by atoms with Crippen molar-refractivity contribution < 1.29 is 19.0 Å². The number of nitrogens with one attached hydrogen (secondary N) is 2. The van der Waals surface area contributed by atoms with Gasteiger partial charge < -0.3 is 24.8 Å². The lowest BCUT2D eigenvalue weighted by molar-refractivity contribution is -0.122. The van der Waals surface area contributed by atoms with Gasteiger partial charge in [0.15, 0.2) is 0 Å². The number of amides is 1. The molecule has 1 atom stereocenters. The van der Waals surface area contributed by atoms with Crippen molar-refractivity contribution in [3.05, 3.63) is 23.8 Å². The van der Waals surface area contributed by atoms with Crippen LogP contribution in [-0.2, 0) is 16.0 Å². The molecule has 1 saturated heterocycles. The Hall–Kier alpha value is -1.79. The number of rotatable bonds is 7. The maximum absolute atomic E-state index is 11.9. The molecule has 1 aromatic carbocycles. The summed E-state index contributed by atoms with van der Waals surface area (Å²) in [6.07, 6.45) is 1.16. The van der Waals surface area contributed by atoms with E-state index in [-0.39, 0.29) is 11.9 Å². The fourth-order valence-electron chi connectivity index (χ4n) is 2.44.